The summed E-state index contributed by atoms with van der Waals surface area (Å²) in [5.41, 5.74) is 2.75. The zero-order valence-electron chi connectivity index (χ0n) is 10.8. The summed E-state index contributed by atoms with van der Waals surface area (Å²) in [6.07, 6.45) is 1.12. The van der Waals surface area contributed by atoms with E-state index in [1.54, 1.807) is 12.1 Å². The molecular formula is C16H16FNO. The first kappa shape index (κ1) is 13.3. The smallest absolute Gasteiger partial charge is 0.228 e. The number of carbonyl (C=O) groups excluding carboxylic acids is 1. The van der Waals surface area contributed by atoms with Gasteiger partial charge in [-0.25, -0.2) is 4.39 Å². The zero-order valence-corrected chi connectivity index (χ0v) is 10.8. The number of hydrogen-bond donors (Lipinski definition) is 1. The second-order valence-electron chi connectivity index (χ2n) is 4.36. The largest absolute Gasteiger partial charge is 0.326 e. The molecule has 2 aromatic rings. The van der Waals surface area contributed by atoms with Gasteiger partial charge in [-0.05, 0) is 35.7 Å². The highest BCUT2D eigenvalue weighted by Crippen LogP contribution is 2.16. The van der Waals surface area contributed by atoms with Crippen molar-refractivity contribution in [1.29, 1.82) is 0 Å². The Bertz CT molecular complexity index is 563. The van der Waals surface area contributed by atoms with Crippen molar-refractivity contribution in [2.75, 3.05) is 5.32 Å². The van der Waals surface area contributed by atoms with Gasteiger partial charge in [-0.2, -0.15) is 0 Å². The molecule has 0 aliphatic rings. The van der Waals surface area contributed by atoms with Gasteiger partial charge in [0.1, 0.15) is 5.82 Å². The van der Waals surface area contributed by atoms with Crippen molar-refractivity contribution >= 4 is 11.6 Å². The molecule has 0 atom stereocenters. The van der Waals surface area contributed by atoms with Crippen molar-refractivity contribution in [3.8, 4) is 0 Å². The number of amides is 1. The SMILES string of the molecule is CCc1ccccc1NC(=O)Cc1ccc(F)cc1. The predicted molar refractivity (Wildman–Crippen MR) is 74.6 cm³/mol. The van der Waals surface area contributed by atoms with Crippen molar-refractivity contribution in [3.05, 3.63) is 65.5 Å². The van der Waals surface area contributed by atoms with Crippen LogP contribution < -0.4 is 5.32 Å². The van der Waals surface area contributed by atoms with Gasteiger partial charge in [0, 0.05) is 5.69 Å². The van der Waals surface area contributed by atoms with E-state index in [2.05, 4.69) is 5.32 Å². The van der Waals surface area contributed by atoms with Gasteiger partial charge in [0.05, 0.1) is 6.42 Å². The molecule has 1 amide bonds. The molecule has 0 aliphatic carbocycles. The number of para-hydroxylation sites is 1. The molecule has 3 heteroatoms. The van der Waals surface area contributed by atoms with Crippen molar-refractivity contribution in [2.24, 2.45) is 0 Å². The molecule has 0 fully saturated rings. The number of benzene rings is 2. The first-order valence-corrected chi connectivity index (χ1v) is 6.31. The van der Waals surface area contributed by atoms with Gasteiger partial charge in [0.15, 0.2) is 0 Å². The number of anilines is 1. The monoisotopic (exact) mass is 257 g/mol. The quantitative estimate of drug-likeness (QED) is 0.891. The Morgan fingerprint density at radius 1 is 1.11 bits per heavy atom. The van der Waals surface area contributed by atoms with E-state index in [1.807, 2.05) is 31.2 Å². The van der Waals surface area contributed by atoms with E-state index in [0.717, 1.165) is 23.2 Å². The van der Waals surface area contributed by atoms with Crippen molar-refractivity contribution in [2.45, 2.75) is 19.8 Å². The van der Waals surface area contributed by atoms with Crippen LogP contribution in [0.1, 0.15) is 18.1 Å². The number of nitrogens with one attached hydrogen (secondary N) is 1. The molecule has 2 rings (SSSR count). The molecule has 0 aromatic heterocycles. The summed E-state index contributed by atoms with van der Waals surface area (Å²) in [7, 11) is 0. The molecule has 0 saturated carbocycles. The fraction of sp³-hybridized carbons (Fsp3) is 0.188. The van der Waals surface area contributed by atoms with Crippen LogP contribution >= 0.6 is 0 Å². The maximum atomic E-state index is 12.8. The molecule has 0 heterocycles. The lowest BCUT2D eigenvalue weighted by atomic mass is 10.1. The van der Waals surface area contributed by atoms with Gasteiger partial charge in [-0.1, -0.05) is 37.3 Å². The van der Waals surface area contributed by atoms with Gasteiger partial charge in [-0.15, -0.1) is 0 Å². The Kier molecular flexibility index (Phi) is 4.29. The molecule has 0 spiro atoms. The summed E-state index contributed by atoms with van der Waals surface area (Å²) < 4.78 is 12.8. The van der Waals surface area contributed by atoms with Crippen LogP contribution in [0.4, 0.5) is 10.1 Å². The normalized spacial score (nSPS) is 10.2. The molecule has 98 valence electrons. The van der Waals surface area contributed by atoms with E-state index in [4.69, 9.17) is 0 Å². The first-order chi connectivity index (χ1) is 9.19. The van der Waals surface area contributed by atoms with Crippen LogP contribution in [0.2, 0.25) is 0 Å². The van der Waals surface area contributed by atoms with E-state index in [0.29, 0.717) is 0 Å². The second kappa shape index (κ2) is 6.14. The highest BCUT2D eigenvalue weighted by atomic mass is 19.1. The van der Waals surface area contributed by atoms with Crippen LogP contribution in [0.15, 0.2) is 48.5 Å². The maximum Gasteiger partial charge on any atom is 0.228 e. The van der Waals surface area contributed by atoms with Crippen LogP contribution in [0.25, 0.3) is 0 Å². The average Bonchev–Trinajstić information content (AvgIpc) is 2.42. The molecule has 2 aromatic carbocycles. The molecule has 0 radical (unpaired) electrons. The van der Waals surface area contributed by atoms with E-state index in [-0.39, 0.29) is 18.1 Å². The molecule has 2 nitrogen and oxygen atoms in total. The van der Waals surface area contributed by atoms with E-state index in [9.17, 15) is 9.18 Å². The predicted octanol–water partition coefficient (Wildman–Crippen LogP) is 3.57. The summed E-state index contributed by atoms with van der Waals surface area (Å²) in [6.45, 7) is 2.05. The summed E-state index contributed by atoms with van der Waals surface area (Å²) >= 11 is 0. The number of aryl methyl sites for hydroxylation is 1. The number of rotatable bonds is 4. The third-order valence-corrected chi connectivity index (χ3v) is 2.95. The minimum atomic E-state index is -0.291. The minimum absolute atomic E-state index is 0.0903. The first-order valence-electron chi connectivity index (χ1n) is 6.31. The fourth-order valence-corrected chi connectivity index (χ4v) is 1.93. The Hall–Kier alpha value is -2.16. The molecule has 0 saturated heterocycles. The standard InChI is InChI=1S/C16H16FNO/c1-2-13-5-3-4-6-15(13)18-16(19)11-12-7-9-14(17)10-8-12/h3-10H,2,11H2,1H3,(H,18,19). The highest BCUT2D eigenvalue weighted by molar-refractivity contribution is 5.92. The number of carbonyl (C=O) groups is 1. The Morgan fingerprint density at radius 2 is 1.79 bits per heavy atom. The van der Waals surface area contributed by atoms with Gasteiger partial charge in [0.2, 0.25) is 5.91 Å². The van der Waals surface area contributed by atoms with E-state index >= 15 is 0 Å². The number of hydrogen-bond acceptors (Lipinski definition) is 1. The third-order valence-electron chi connectivity index (χ3n) is 2.95. The number of halogens is 1. The summed E-state index contributed by atoms with van der Waals surface area (Å²) in [5, 5.41) is 2.89. The van der Waals surface area contributed by atoms with E-state index in [1.165, 1.54) is 12.1 Å². The lowest BCUT2D eigenvalue weighted by Crippen LogP contribution is -2.15. The molecule has 0 aliphatic heterocycles. The third kappa shape index (κ3) is 3.65. The average molecular weight is 257 g/mol. The summed E-state index contributed by atoms with van der Waals surface area (Å²) in [6, 6.07) is 13.7. The Labute approximate surface area is 112 Å². The summed E-state index contributed by atoms with van der Waals surface area (Å²) in [4.78, 5) is 11.9. The zero-order chi connectivity index (χ0) is 13.7. The highest BCUT2D eigenvalue weighted by Gasteiger charge is 2.06. The van der Waals surface area contributed by atoms with Crippen LogP contribution in [-0.2, 0) is 17.6 Å². The topological polar surface area (TPSA) is 29.1 Å². The molecule has 1 N–H and O–H groups in total. The molecule has 0 bridgehead atoms. The van der Waals surface area contributed by atoms with Gasteiger partial charge >= 0.3 is 0 Å². The lowest BCUT2D eigenvalue weighted by molar-refractivity contribution is -0.115. The second-order valence-corrected chi connectivity index (χ2v) is 4.36. The van der Waals surface area contributed by atoms with Crippen LogP contribution in [0.3, 0.4) is 0 Å². The summed E-state index contributed by atoms with van der Waals surface area (Å²) in [5.74, 6) is -0.381. The molecule has 19 heavy (non-hydrogen) atoms. The van der Waals surface area contributed by atoms with Gasteiger partial charge in [0.25, 0.3) is 0 Å². The van der Waals surface area contributed by atoms with Crippen molar-refractivity contribution in [3.63, 3.8) is 0 Å². The van der Waals surface area contributed by atoms with Gasteiger partial charge in [-0.3, -0.25) is 4.79 Å². The van der Waals surface area contributed by atoms with Crippen LogP contribution in [0.5, 0.6) is 0 Å². The lowest BCUT2D eigenvalue weighted by Gasteiger charge is -2.09. The van der Waals surface area contributed by atoms with Crippen LogP contribution in [0, 0.1) is 5.82 Å². The van der Waals surface area contributed by atoms with Gasteiger partial charge < -0.3 is 5.32 Å². The molecule has 0 unspecified atom stereocenters. The van der Waals surface area contributed by atoms with E-state index < -0.39 is 0 Å². The minimum Gasteiger partial charge on any atom is -0.326 e. The maximum absolute atomic E-state index is 12.8. The molecular weight excluding hydrogens is 241 g/mol. The van der Waals surface area contributed by atoms with Crippen molar-refractivity contribution < 1.29 is 9.18 Å². The fourth-order valence-electron chi connectivity index (χ4n) is 1.93. The van der Waals surface area contributed by atoms with Crippen LogP contribution in [-0.4, -0.2) is 5.91 Å². The Balaban J connectivity index is 2.03. The van der Waals surface area contributed by atoms with Crippen molar-refractivity contribution in [1.82, 2.24) is 0 Å². The Morgan fingerprint density at radius 3 is 2.47 bits per heavy atom.